The molecule has 5 nitrogen and oxygen atoms in total. The number of benzene rings is 1. The Labute approximate surface area is 104 Å². The van der Waals surface area contributed by atoms with Gasteiger partial charge in [-0.25, -0.2) is 4.39 Å². The predicted octanol–water partition coefficient (Wildman–Crippen LogP) is 1.83. The van der Waals surface area contributed by atoms with Crippen molar-refractivity contribution in [1.82, 2.24) is 10.1 Å². The number of nitrogens with zero attached hydrogens (tertiary/aromatic N) is 2. The standard InChI is InChI=1S/C12H14FN3O2/c1-7-3-4-8(9(13)5-7)12-15-11(16-18-12)10(14)6-17-2/h3-5,10H,6,14H2,1-2H3. The van der Waals surface area contributed by atoms with Crippen LogP contribution in [0.1, 0.15) is 17.4 Å². The second kappa shape index (κ2) is 5.24. The highest BCUT2D eigenvalue weighted by Gasteiger charge is 2.17. The minimum absolute atomic E-state index is 0.119. The summed E-state index contributed by atoms with van der Waals surface area (Å²) in [6, 6.07) is 4.30. The molecular weight excluding hydrogens is 237 g/mol. The molecule has 0 bridgehead atoms. The van der Waals surface area contributed by atoms with Gasteiger partial charge in [0.05, 0.1) is 18.2 Å². The zero-order valence-electron chi connectivity index (χ0n) is 10.2. The van der Waals surface area contributed by atoms with E-state index in [0.717, 1.165) is 5.56 Å². The quantitative estimate of drug-likeness (QED) is 0.897. The van der Waals surface area contributed by atoms with Gasteiger partial charge in [-0.1, -0.05) is 11.2 Å². The largest absolute Gasteiger partial charge is 0.383 e. The molecule has 1 heterocycles. The molecule has 2 rings (SSSR count). The van der Waals surface area contributed by atoms with E-state index in [1.807, 2.05) is 0 Å². The van der Waals surface area contributed by atoms with E-state index in [-0.39, 0.29) is 18.1 Å². The lowest BCUT2D eigenvalue weighted by atomic mass is 10.1. The van der Waals surface area contributed by atoms with E-state index in [1.54, 1.807) is 19.1 Å². The molecule has 0 aliphatic rings. The molecule has 1 atom stereocenters. The minimum Gasteiger partial charge on any atom is -0.383 e. The summed E-state index contributed by atoms with van der Waals surface area (Å²) in [5, 5.41) is 3.72. The van der Waals surface area contributed by atoms with Crippen LogP contribution < -0.4 is 5.73 Å². The van der Waals surface area contributed by atoms with Crippen molar-refractivity contribution in [3.05, 3.63) is 35.4 Å². The molecule has 6 heteroatoms. The topological polar surface area (TPSA) is 74.2 Å². The monoisotopic (exact) mass is 251 g/mol. The van der Waals surface area contributed by atoms with Crippen molar-refractivity contribution in [1.29, 1.82) is 0 Å². The number of hydrogen-bond acceptors (Lipinski definition) is 5. The maximum Gasteiger partial charge on any atom is 0.260 e. The number of aryl methyl sites for hydroxylation is 1. The highest BCUT2D eigenvalue weighted by atomic mass is 19.1. The van der Waals surface area contributed by atoms with Crippen LogP contribution in [0, 0.1) is 12.7 Å². The summed E-state index contributed by atoms with van der Waals surface area (Å²) >= 11 is 0. The maximum atomic E-state index is 13.7. The van der Waals surface area contributed by atoms with Crippen LogP contribution >= 0.6 is 0 Å². The van der Waals surface area contributed by atoms with E-state index < -0.39 is 11.9 Å². The second-order valence-corrected chi connectivity index (χ2v) is 4.00. The van der Waals surface area contributed by atoms with Gasteiger partial charge in [-0.2, -0.15) is 4.98 Å². The average Bonchev–Trinajstić information content (AvgIpc) is 2.78. The van der Waals surface area contributed by atoms with Gasteiger partial charge >= 0.3 is 0 Å². The normalized spacial score (nSPS) is 12.7. The third kappa shape index (κ3) is 2.55. The number of aromatic nitrogens is 2. The van der Waals surface area contributed by atoms with Crippen molar-refractivity contribution in [2.24, 2.45) is 5.73 Å². The molecular formula is C12H14FN3O2. The van der Waals surface area contributed by atoms with Crippen LogP contribution in [0.2, 0.25) is 0 Å². The molecule has 1 aromatic heterocycles. The first kappa shape index (κ1) is 12.7. The molecule has 96 valence electrons. The summed E-state index contributed by atoms with van der Waals surface area (Å²) in [6.07, 6.45) is 0. The summed E-state index contributed by atoms with van der Waals surface area (Å²) in [5.41, 5.74) is 6.85. The number of methoxy groups -OCH3 is 1. The molecule has 1 unspecified atom stereocenters. The number of halogens is 1. The van der Waals surface area contributed by atoms with E-state index in [2.05, 4.69) is 10.1 Å². The molecule has 1 aromatic carbocycles. The molecule has 0 aliphatic carbocycles. The summed E-state index contributed by atoms with van der Waals surface area (Å²) in [6.45, 7) is 2.08. The Morgan fingerprint density at radius 1 is 1.50 bits per heavy atom. The van der Waals surface area contributed by atoms with Crippen molar-refractivity contribution < 1.29 is 13.7 Å². The van der Waals surface area contributed by atoms with Gasteiger partial charge in [0.15, 0.2) is 5.82 Å². The second-order valence-electron chi connectivity index (χ2n) is 4.00. The van der Waals surface area contributed by atoms with E-state index in [0.29, 0.717) is 5.82 Å². The SMILES string of the molecule is COCC(N)c1noc(-c2ccc(C)cc2F)n1. The molecule has 0 aliphatic heterocycles. The fourth-order valence-corrected chi connectivity index (χ4v) is 1.54. The Kier molecular flexibility index (Phi) is 3.69. The Bertz CT molecular complexity index is 542. The van der Waals surface area contributed by atoms with E-state index in [9.17, 15) is 4.39 Å². The van der Waals surface area contributed by atoms with Crippen LogP contribution in [0.15, 0.2) is 22.7 Å². The van der Waals surface area contributed by atoms with Gasteiger partial charge in [0.25, 0.3) is 5.89 Å². The van der Waals surface area contributed by atoms with E-state index in [1.165, 1.54) is 13.2 Å². The summed E-state index contributed by atoms with van der Waals surface area (Å²) < 4.78 is 23.6. The first-order valence-electron chi connectivity index (χ1n) is 5.46. The smallest absolute Gasteiger partial charge is 0.260 e. The van der Waals surface area contributed by atoms with E-state index in [4.69, 9.17) is 15.0 Å². The number of hydrogen-bond donors (Lipinski definition) is 1. The van der Waals surface area contributed by atoms with Gasteiger partial charge in [-0.05, 0) is 24.6 Å². The Balaban J connectivity index is 2.29. The van der Waals surface area contributed by atoms with Crippen LogP contribution in [-0.4, -0.2) is 23.9 Å². The molecule has 0 amide bonds. The first-order chi connectivity index (χ1) is 8.61. The summed E-state index contributed by atoms with van der Waals surface area (Å²) in [7, 11) is 1.53. The lowest BCUT2D eigenvalue weighted by molar-refractivity contribution is 0.177. The molecule has 0 spiro atoms. The summed E-state index contributed by atoms with van der Waals surface area (Å²) in [4.78, 5) is 4.07. The number of rotatable bonds is 4. The molecule has 18 heavy (non-hydrogen) atoms. The number of ether oxygens (including phenoxy) is 1. The zero-order chi connectivity index (χ0) is 13.1. The fourth-order valence-electron chi connectivity index (χ4n) is 1.54. The Morgan fingerprint density at radius 3 is 2.94 bits per heavy atom. The van der Waals surface area contributed by atoms with Gasteiger partial charge in [0, 0.05) is 7.11 Å². The Hall–Kier alpha value is -1.79. The fraction of sp³-hybridized carbons (Fsp3) is 0.333. The predicted molar refractivity (Wildman–Crippen MR) is 63.2 cm³/mol. The molecule has 0 fully saturated rings. The molecule has 0 saturated carbocycles. The van der Waals surface area contributed by atoms with Gasteiger partial charge in [-0.15, -0.1) is 0 Å². The summed E-state index contributed by atoms with van der Waals surface area (Å²) in [5.74, 6) is 0.0198. The third-order valence-electron chi connectivity index (χ3n) is 2.47. The lowest BCUT2D eigenvalue weighted by Crippen LogP contribution is -2.17. The van der Waals surface area contributed by atoms with Crippen LogP contribution in [0.3, 0.4) is 0 Å². The van der Waals surface area contributed by atoms with Crippen molar-refractivity contribution in [3.63, 3.8) is 0 Å². The van der Waals surface area contributed by atoms with Gasteiger partial charge in [0.1, 0.15) is 5.82 Å². The number of nitrogens with two attached hydrogens (primary N) is 1. The van der Waals surface area contributed by atoms with Crippen molar-refractivity contribution >= 4 is 0 Å². The van der Waals surface area contributed by atoms with Crippen LogP contribution in [0.5, 0.6) is 0 Å². The Morgan fingerprint density at radius 2 is 2.28 bits per heavy atom. The molecule has 2 aromatic rings. The van der Waals surface area contributed by atoms with Crippen molar-refractivity contribution in [2.75, 3.05) is 13.7 Å². The minimum atomic E-state index is -0.485. The van der Waals surface area contributed by atoms with Crippen molar-refractivity contribution in [2.45, 2.75) is 13.0 Å². The third-order valence-corrected chi connectivity index (χ3v) is 2.47. The first-order valence-corrected chi connectivity index (χ1v) is 5.46. The zero-order valence-corrected chi connectivity index (χ0v) is 10.2. The van der Waals surface area contributed by atoms with Crippen LogP contribution in [0.4, 0.5) is 4.39 Å². The lowest BCUT2D eigenvalue weighted by Gasteiger charge is -2.03. The van der Waals surface area contributed by atoms with Crippen LogP contribution in [-0.2, 0) is 4.74 Å². The molecule has 0 radical (unpaired) electrons. The average molecular weight is 251 g/mol. The maximum absolute atomic E-state index is 13.7. The van der Waals surface area contributed by atoms with Crippen molar-refractivity contribution in [3.8, 4) is 11.5 Å². The highest BCUT2D eigenvalue weighted by Crippen LogP contribution is 2.22. The molecule has 2 N–H and O–H groups in total. The van der Waals surface area contributed by atoms with Gasteiger partial charge < -0.3 is 15.0 Å². The van der Waals surface area contributed by atoms with E-state index >= 15 is 0 Å². The van der Waals surface area contributed by atoms with Crippen LogP contribution in [0.25, 0.3) is 11.5 Å². The van der Waals surface area contributed by atoms with Gasteiger partial charge in [0.2, 0.25) is 0 Å². The highest BCUT2D eigenvalue weighted by molar-refractivity contribution is 5.54. The molecule has 0 saturated heterocycles. The van der Waals surface area contributed by atoms with Gasteiger partial charge in [-0.3, -0.25) is 0 Å².